The van der Waals surface area contributed by atoms with Crippen molar-refractivity contribution in [1.82, 2.24) is 9.80 Å². The van der Waals surface area contributed by atoms with Crippen LogP contribution in [0.2, 0.25) is 5.02 Å². The molecule has 3 rings (SSSR count). The zero-order valence-corrected chi connectivity index (χ0v) is 16.4. The SMILES string of the molecule is COc1cc(CN2CCN(C3CCCCC3)C(CCO)C2)c(Cl)cc1O. The first-order chi connectivity index (χ1) is 12.6. The maximum absolute atomic E-state index is 9.86. The average Bonchev–Trinajstić information content (AvgIpc) is 2.65. The van der Waals surface area contributed by atoms with E-state index < -0.39 is 0 Å². The van der Waals surface area contributed by atoms with Crippen LogP contribution in [0.1, 0.15) is 44.1 Å². The molecule has 1 aliphatic carbocycles. The van der Waals surface area contributed by atoms with Crippen LogP contribution < -0.4 is 4.74 Å². The van der Waals surface area contributed by atoms with Crippen LogP contribution in [0, 0.1) is 0 Å². The van der Waals surface area contributed by atoms with Crippen LogP contribution in [0.25, 0.3) is 0 Å². The zero-order chi connectivity index (χ0) is 18.5. The monoisotopic (exact) mass is 382 g/mol. The molecule has 5 nitrogen and oxygen atoms in total. The summed E-state index contributed by atoms with van der Waals surface area (Å²) in [5.74, 6) is 0.527. The number of ether oxygens (including phenoxy) is 1. The third-order valence-electron chi connectivity index (χ3n) is 5.86. The van der Waals surface area contributed by atoms with Gasteiger partial charge in [0.1, 0.15) is 0 Å². The Kier molecular flexibility index (Phi) is 7.04. The van der Waals surface area contributed by atoms with Crippen LogP contribution in [0.5, 0.6) is 11.5 Å². The topological polar surface area (TPSA) is 56.2 Å². The lowest BCUT2D eigenvalue weighted by atomic mass is 9.91. The summed E-state index contributed by atoms with van der Waals surface area (Å²) in [6.45, 7) is 3.95. The molecule has 6 heteroatoms. The van der Waals surface area contributed by atoms with Gasteiger partial charge in [-0.05, 0) is 30.9 Å². The highest BCUT2D eigenvalue weighted by Crippen LogP contribution is 2.33. The zero-order valence-electron chi connectivity index (χ0n) is 15.7. The molecule has 0 amide bonds. The Bertz CT molecular complexity index is 593. The van der Waals surface area contributed by atoms with E-state index in [2.05, 4.69) is 9.80 Å². The van der Waals surface area contributed by atoms with Gasteiger partial charge in [0, 0.05) is 56.0 Å². The summed E-state index contributed by atoms with van der Waals surface area (Å²) in [5, 5.41) is 20.0. The number of aromatic hydroxyl groups is 1. The van der Waals surface area contributed by atoms with Crippen molar-refractivity contribution < 1.29 is 14.9 Å². The molecule has 0 aromatic heterocycles. The average molecular weight is 383 g/mol. The van der Waals surface area contributed by atoms with Gasteiger partial charge in [0.05, 0.1) is 7.11 Å². The molecule has 1 aliphatic heterocycles. The second-order valence-electron chi connectivity index (χ2n) is 7.55. The number of hydrogen-bond acceptors (Lipinski definition) is 5. The maximum Gasteiger partial charge on any atom is 0.160 e. The number of piperazine rings is 1. The minimum absolute atomic E-state index is 0.0709. The molecule has 2 fully saturated rings. The van der Waals surface area contributed by atoms with Crippen molar-refractivity contribution in [3.63, 3.8) is 0 Å². The van der Waals surface area contributed by atoms with Gasteiger partial charge >= 0.3 is 0 Å². The van der Waals surface area contributed by atoms with Gasteiger partial charge in [0.15, 0.2) is 11.5 Å². The molecular formula is C20H31ClN2O3. The van der Waals surface area contributed by atoms with Gasteiger partial charge in [-0.2, -0.15) is 0 Å². The Balaban J connectivity index is 1.67. The maximum atomic E-state index is 9.86. The molecule has 146 valence electrons. The molecule has 2 N–H and O–H groups in total. The fraction of sp³-hybridized carbons (Fsp3) is 0.700. The summed E-state index contributed by atoms with van der Waals surface area (Å²) in [4.78, 5) is 5.04. The highest BCUT2D eigenvalue weighted by molar-refractivity contribution is 6.31. The molecule has 1 saturated heterocycles. The third-order valence-corrected chi connectivity index (χ3v) is 6.21. The van der Waals surface area contributed by atoms with E-state index in [1.54, 1.807) is 13.2 Å². The van der Waals surface area contributed by atoms with Crippen molar-refractivity contribution in [2.75, 3.05) is 33.4 Å². The number of phenols is 1. The second kappa shape index (κ2) is 9.27. The lowest BCUT2D eigenvalue weighted by Gasteiger charge is -2.46. The third kappa shape index (κ3) is 4.63. The van der Waals surface area contributed by atoms with Gasteiger partial charge in [-0.3, -0.25) is 9.80 Å². The van der Waals surface area contributed by atoms with E-state index >= 15 is 0 Å². The molecule has 0 bridgehead atoms. The Labute approximate surface area is 161 Å². The van der Waals surface area contributed by atoms with Gasteiger partial charge in [0.2, 0.25) is 0 Å². The van der Waals surface area contributed by atoms with Gasteiger partial charge in [0.25, 0.3) is 0 Å². The largest absolute Gasteiger partial charge is 0.504 e. The Morgan fingerprint density at radius 1 is 1.19 bits per heavy atom. The first kappa shape index (κ1) is 19.7. The van der Waals surface area contributed by atoms with Crippen LogP contribution in [0.3, 0.4) is 0 Å². The molecule has 1 aromatic carbocycles. The van der Waals surface area contributed by atoms with Gasteiger partial charge < -0.3 is 14.9 Å². The highest BCUT2D eigenvalue weighted by atomic mass is 35.5. The van der Waals surface area contributed by atoms with Crippen LogP contribution in [0.15, 0.2) is 12.1 Å². The summed E-state index contributed by atoms with van der Waals surface area (Å²) in [6.07, 6.45) is 7.44. The van der Waals surface area contributed by atoms with E-state index in [-0.39, 0.29) is 12.4 Å². The van der Waals surface area contributed by atoms with E-state index in [0.717, 1.165) is 38.2 Å². The number of nitrogens with zero attached hydrogens (tertiary/aromatic N) is 2. The molecule has 1 heterocycles. The molecule has 1 atom stereocenters. The minimum atomic E-state index is 0.0709. The number of aliphatic hydroxyl groups excluding tert-OH is 1. The molecule has 0 radical (unpaired) electrons. The summed E-state index contributed by atoms with van der Waals surface area (Å²) < 4.78 is 5.22. The molecular weight excluding hydrogens is 352 g/mol. The molecule has 1 aromatic rings. The normalized spacial score (nSPS) is 23.3. The minimum Gasteiger partial charge on any atom is -0.504 e. The second-order valence-corrected chi connectivity index (χ2v) is 7.95. The number of hydrogen-bond donors (Lipinski definition) is 2. The predicted molar refractivity (Wildman–Crippen MR) is 104 cm³/mol. The quantitative estimate of drug-likeness (QED) is 0.790. The lowest BCUT2D eigenvalue weighted by Crippen LogP contribution is -2.56. The van der Waals surface area contributed by atoms with E-state index in [9.17, 15) is 10.2 Å². The van der Waals surface area contributed by atoms with Crippen LogP contribution >= 0.6 is 11.6 Å². The Morgan fingerprint density at radius 3 is 2.65 bits per heavy atom. The van der Waals surface area contributed by atoms with Crippen molar-refractivity contribution in [1.29, 1.82) is 0 Å². The van der Waals surface area contributed by atoms with Gasteiger partial charge in [-0.25, -0.2) is 0 Å². The molecule has 1 unspecified atom stereocenters. The molecule has 1 saturated carbocycles. The standard InChI is InChI=1S/C20H31ClN2O3/c1-26-20-11-15(18(21)12-19(20)25)13-22-8-9-23(17(14-22)7-10-24)16-5-3-2-4-6-16/h11-12,16-17,24-25H,2-10,13-14H2,1H3. The first-order valence-electron chi connectivity index (χ1n) is 9.76. The Hall–Kier alpha value is -1.01. The number of aliphatic hydroxyl groups is 1. The lowest BCUT2D eigenvalue weighted by molar-refractivity contribution is 0.0136. The summed E-state index contributed by atoms with van der Waals surface area (Å²) >= 11 is 6.33. The van der Waals surface area contributed by atoms with Gasteiger partial charge in [-0.15, -0.1) is 0 Å². The van der Waals surface area contributed by atoms with Gasteiger partial charge in [-0.1, -0.05) is 30.9 Å². The number of halogens is 1. The number of methoxy groups -OCH3 is 1. The fourth-order valence-corrected chi connectivity index (χ4v) is 4.71. The number of rotatable bonds is 6. The van der Waals surface area contributed by atoms with E-state index in [1.807, 2.05) is 6.07 Å². The van der Waals surface area contributed by atoms with Crippen LogP contribution in [-0.2, 0) is 6.54 Å². The highest BCUT2D eigenvalue weighted by Gasteiger charge is 2.32. The van der Waals surface area contributed by atoms with E-state index in [4.69, 9.17) is 16.3 Å². The first-order valence-corrected chi connectivity index (χ1v) is 10.1. The summed E-state index contributed by atoms with van der Waals surface area (Å²) in [7, 11) is 1.55. The molecule has 26 heavy (non-hydrogen) atoms. The van der Waals surface area contributed by atoms with Crippen LogP contribution in [0.4, 0.5) is 0 Å². The summed E-state index contributed by atoms with van der Waals surface area (Å²) in [6, 6.07) is 4.46. The number of phenolic OH excluding ortho intramolecular Hbond substituents is 1. The number of benzene rings is 1. The summed E-state index contributed by atoms with van der Waals surface area (Å²) in [5.41, 5.74) is 0.968. The molecule has 2 aliphatic rings. The van der Waals surface area contributed by atoms with E-state index in [1.165, 1.54) is 32.1 Å². The fourth-order valence-electron chi connectivity index (χ4n) is 4.49. The van der Waals surface area contributed by atoms with Crippen molar-refractivity contribution in [3.05, 3.63) is 22.7 Å². The molecule has 0 spiro atoms. The van der Waals surface area contributed by atoms with Crippen LogP contribution in [-0.4, -0.2) is 65.4 Å². The van der Waals surface area contributed by atoms with Crippen molar-refractivity contribution >= 4 is 11.6 Å². The van der Waals surface area contributed by atoms with E-state index in [0.29, 0.717) is 22.9 Å². The predicted octanol–water partition coefficient (Wildman–Crippen LogP) is 3.26. The Morgan fingerprint density at radius 2 is 1.96 bits per heavy atom. The van der Waals surface area contributed by atoms with Crippen molar-refractivity contribution in [3.8, 4) is 11.5 Å². The van der Waals surface area contributed by atoms with Crippen molar-refractivity contribution in [2.45, 2.75) is 57.2 Å². The smallest absolute Gasteiger partial charge is 0.160 e. The van der Waals surface area contributed by atoms with Crippen molar-refractivity contribution in [2.24, 2.45) is 0 Å².